The number of esters is 4. The minimum absolute atomic E-state index is 0.227. The second-order valence-electron chi connectivity index (χ2n) is 6.51. The van der Waals surface area contributed by atoms with Crippen LogP contribution in [0.15, 0.2) is 0 Å². The lowest BCUT2D eigenvalue weighted by atomic mass is 10.1. The van der Waals surface area contributed by atoms with E-state index in [0.29, 0.717) is 38.5 Å². The summed E-state index contributed by atoms with van der Waals surface area (Å²) < 4.78 is 19.9. The first-order chi connectivity index (χ1) is 13.3. The zero-order valence-electron chi connectivity index (χ0n) is 17.5. The minimum Gasteiger partial charge on any atom is -0.425 e. The van der Waals surface area contributed by atoms with Crippen LogP contribution in [0.25, 0.3) is 0 Å². The van der Waals surface area contributed by atoms with Crippen molar-refractivity contribution in [3.63, 3.8) is 0 Å². The summed E-state index contributed by atoms with van der Waals surface area (Å²) in [4.78, 5) is 45.9. The first-order valence-corrected chi connectivity index (χ1v) is 10.1. The highest BCUT2D eigenvalue weighted by Crippen LogP contribution is 2.09. The van der Waals surface area contributed by atoms with Crippen LogP contribution in [0.4, 0.5) is 0 Å². The first-order valence-electron chi connectivity index (χ1n) is 10.1. The van der Waals surface area contributed by atoms with E-state index >= 15 is 0 Å². The van der Waals surface area contributed by atoms with Crippen LogP contribution in [-0.2, 0) is 38.1 Å². The van der Waals surface area contributed by atoms with E-state index in [4.69, 9.17) is 18.9 Å². The molecule has 0 aliphatic rings. The van der Waals surface area contributed by atoms with Gasteiger partial charge < -0.3 is 18.9 Å². The summed E-state index contributed by atoms with van der Waals surface area (Å²) in [6.07, 6.45) is 3.39. The minimum atomic E-state index is -0.880. The smallest absolute Gasteiger partial charge is 0.308 e. The van der Waals surface area contributed by atoms with Gasteiger partial charge in [-0.15, -0.1) is 0 Å². The number of unbranched alkanes of at least 4 members (excludes halogenated alkanes) is 3. The van der Waals surface area contributed by atoms with Crippen LogP contribution in [0.1, 0.15) is 91.9 Å². The zero-order chi connectivity index (χ0) is 21.4. The fourth-order valence-corrected chi connectivity index (χ4v) is 2.32. The quantitative estimate of drug-likeness (QED) is 0.231. The van der Waals surface area contributed by atoms with Gasteiger partial charge in [0.05, 0.1) is 0 Å². The molecule has 0 fully saturated rings. The summed E-state index contributed by atoms with van der Waals surface area (Å²) in [6.45, 7) is 6.75. The normalized spacial score (nSPS) is 12.6. The Morgan fingerprint density at radius 3 is 1.11 bits per heavy atom. The van der Waals surface area contributed by atoms with Crippen LogP contribution in [0.2, 0.25) is 0 Å². The molecular formula is C20H34O8. The molecule has 0 radical (unpaired) electrons. The van der Waals surface area contributed by atoms with Gasteiger partial charge in [-0.1, -0.05) is 26.7 Å². The predicted octanol–water partition coefficient (Wildman–Crippen LogP) is 3.79. The number of carbonyl (C=O) groups excluding carboxylic acids is 4. The number of rotatable bonds is 15. The molecule has 8 heteroatoms. The fourth-order valence-electron chi connectivity index (χ4n) is 2.32. The molecule has 2 unspecified atom stereocenters. The zero-order valence-corrected chi connectivity index (χ0v) is 17.5. The second kappa shape index (κ2) is 15.9. The second-order valence-corrected chi connectivity index (χ2v) is 6.51. The van der Waals surface area contributed by atoms with Gasteiger partial charge in [-0.25, -0.2) is 0 Å². The van der Waals surface area contributed by atoms with Crippen LogP contribution in [0, 0.1) is 0 Å². The molecular weight excluding hydrogens is 368 g/mol. The fraction of sp³-hybridized carbons (Fsp3) is 0.800. The van der Waals surface area contributed by atoms with Crippen molar-refractivity contribution in [1.82, 2.24) is 0 Å². The van der Waals surface area contributed by atoms with Gasteiger partial charge in [-0.2, -0.15) is 0 Å². The third kappa shape index (κ3) is 15.0. The van der Waals surface area contributed by atoms with Crippen LogP contribution in [0.3, 0.4) is 0 Å². The highest BCUT2D eigenvalue weighted by atomic mass is 16.7. The molecule has 0 saturated carbocycles. The van der Waals surface area contributed by atoms with E-state index in [1.54, 1.807) is 0 Å². The van der Waals surface area contributed by atoms with Crippen LogP contribution < -0.4 is 0 Å². The molecule has 0 bridgehead atoms. The lowest BCUT2D eigenvalue weighted by Gasteiger charge is -2.14. The standard InChI is InChI=1S/C20H34O8/c1-5-11-17(21)25-15(3)27-19(23)13-9-7-8-10-14-20(24)28-16(4)26-18(22)12-6-2/h15-16H,5-14H2,1-4H3. The summed E-state index contributed by atoms with van der Waals surface area (Å²) in [5.41, 5.74) is 0. The summed E-state index contributed by atoms with van der Waals surface area (Å²) in [5.74, 6) is -1.61. The van der Waals surface area contributed by atoms with E-state index in [-0.39, 0.29) is 24.8 Å². The maximum atomic E-state index is 11.7. The highest BCUT2D eigenvalue weighted by Gasteiger charge is 2.14. The Morgan fingerprint density at radius 2 is 0.821 bits per heavy atom. The molecule has 162 valence electrons. The van der Waals surface area contributed by atoms with Gasteiger partial charge in [0.2, 0.25) is 12.6 Å². The van der Waals surface area contributed by atoms with Crippen molar-refractivity contribution < 1.29 is 38.1 Å². The Morgan fingerprint density at radius 1 is 0.536 bits per heavy atom. The third-order valence-corrected chi connectivity index (χ3v) is 3.61. The molecule has 0 aliphatic carbocycles. The number of ether oxygens (including phenoxy) is 4. The van der Waals surface area contributed by atoms with E-state index in [0.717, 1.165) is 12.8 Å². The van der Waals surface area contributed by atoms with Crippen molar-refractivity contribution in [3.05, 3.63) is 0 Å². The van der Waals surface area contributed by atoms with Gasteiger partial charge in [-0.3, -0.25) is 19.2 Å². The number of hydrogen-bond donors (Lipinski definition) is 0. The van der Waals surface area contributed by atoms with Crippen molar-refractivity contribution in [2.45, 2.75) is 104 Å². The van der Waals surface area contributed by atoms with Crippen LogP contribution in [-0.4, -0.2) is 36.5 Å². The summed E-state index contributed by atoms with van der Waals surface area (Å²) in [5, 5.41) is 0. The van der Waals surface area contributed by atoms with Gasteiger partial charge in [0.1, 0.15) is 0 Å². The van der Waals surface area contributed by atoms with Crippen LogP contribution >= 0.6 is 0 Å². The Bertz CT molecular complexity index is 445. The number of hydrogen-bond acceptors (Lipinski definition) is 8. The predicted molar refractivity (Wildman–Crippen MR) is 101 cm³/mol. The highest BCUT2D eigenvalue weighted by molar-refractivity contribution is 5.72. The Kier molecular flexibility index (Phi) is 14.7. The summed E-state index contributed by atoms with van der Waals surface area (Å²) in [7, 11) is 0. The Labute approximate surface area is 167 Å². The van der Waals surface area contributed by atoms with Crippen molar-refractivity contribution >= 4 is 23.9 Å². The molecule has 0 amide bonds. The average molecular weight is 402 g/mol. The van der Waals surface area contributed by atoms with E-state index in [1.807, 2.05) is 13.8 Å². The van der Waals surface area contributed by atoms with Crippen molar-refractivity contribution in [1.29, 1.82) is 0 Å². The summed E-state index contributed by atoms with van der Waals surface area (Å²) in [6, 6.07) is 0. The average Bonchev–Trinajstić information content (AvgIpc) is 2.57. The van der Waals surface area contributed by atoms with Gasteiger partial charge in [0, 0.05) is 39.5 Å². The largest absolute Gasteiger partial charge is 0.425 e. The molecule has 0 heterocycles. The molecule has 0 spiro atoms. The molecule has 0 saturated heterocycles. The molecule has 28 heavy (non-hydrogen) atoms. The molecule has 0 aromatic heterocycles. The van der Waals surface area contributed by atoms with E-state index in [9.17, 15) is 19.2 Å². The molecule has 2 atom stereocenters. The van der Waals surface area contributed by atoms with E-state index in [1.165, 1.54) is 13.8 Å². The molecule has 8 nitrogen and oxygen atoms in total. The van der Waals surface area contributed by atoms with Crippen molar-refractivity contribution in [2.75, 3.05) is 0 Å². The SMILES string of the molecule is CCCC(=O)OC(C)OC(=O)CCCCCCC(=O)OC(C)OC(=O)CCC. The van der Waals surface area contributed by atoms with Crippen LogP contribution in [0.5, 0.6) is 0 Å². The van der Waals surface area contributed by atoms with E-state index < -0.39 is 24.5 Å². The van der Waals surface area contributed by atoms with Crippen molar-refractivity contribution in [2.24, 2.45) is 0 Å². The van der Waals surface area contributed by atoms with Gasteiger partial charge >= 0.3 is 23.9 Å². The lowest BCUT2D eigenvalue weighted by Crippen LogP contribution is -2.21. The third-order valence-electron chi connectivity index (χ3n) is 3.61. The molecule has 0 N–H and O–H groups in total. The van der Waals surface area contributed by atoms with Gasteiger partial charge in [0.25, 0.3) is 0 Å². The molecule has 0 aromatic rings. The maximum absolute atomic E-state index is 11.7. The Hall–Kier alpha value is -2.12. The first kappa shape index (κ1) is 25.9. The monoisotopic (exact) mass is 402 g/mol. The topological polar surface area (TPSA) is 105 Å². The summed E-state index contributed by atoms with van der Waals surface area (Å²) >= 11 is 0. The molecule has 0 rings (SSSR count). The maximum Gasteiger partial charge on any atom is 0.308 e. The lowest BCUT2D eigenvalue weighted by molar-refractivity contribution is -0.186. The van der Waals surface area contributed by atoms with Gasteiger partial charge in [-0.05, 0) is 25.7 Å². The Balaban J connectivity index is 3.71. The molecule has 0 aliphatic heterocycles. The molecule has 0 aromatic carbocycles. The van der Waals surface area contributed by atoms with E-state index in [2.05, 4.69) is 0 Å². The van der Waals surface area contributed by atoms with Crippen molar-refractivity contribution in [3.8, 4) is 0 Å². The van der Waals surface area contributed by atoms with Gasteiger partial charge in [0.15, 0.2) is 0 Å². The number of carbonyl (C=O) groups is 4.